The highest BCUT2D eigenvalue weighted by Crippen LogP contribution is 2.50. The van der Waals surface area contributed by atoms with Crippen LogP contribution in [0.3, 0.4) is 0 Å². The van der Waals surface area contributed by atoms with Crippen LogP contribution in [0.1, 0.15) is 64.9 Å². The number of hydrogen-bond acceptors (Lipinski definition) is 3. The van der Waals surface area contributed by atoms with Crippen LogP contribution in [0, 0.1) is 5.41 Å². The number of carboxylic acids is 1. The molecule has 1 amide bonds. The minimum Gasteiger partial charge on any atom is -0.477 e. The van der Waals surface area contributed by atoms with Crippen molar-refractivity contribution >= 4 is 11.9 Å². The molecule has 6 nitrogen and oxygen atoms in total. The molecule has 1 aliphatic rings. The van der Waals surface area contributed by atoms with Gasteiger partial charge in [0.15, 0.2) is 0 Å². The van der Waals surface area contributed by atoms with Crippen LogP contribution in [0.4, 0.5) is 0 Å². The minimum atomic E-state index is -0.922. The molecule has 0 aliphatic carbocycles. The van der Waals surface area contributed by atoms with Crippen LogP contribution >= 0.6 is 0 Å². The summed E-state index contributed by atoms with van der Waals surface area (Å²) in [6.45, 7) is 5.91. The van der Waals surface area contributed by atoms with Gasteiger partial charge in [0.2, 0.25) is 6.04 Å². The number of aliphatic carboxylic acids is 1. The molecule has 2 rings (SSSR count). The average molecular weight is 392 g/mol. The molecular weight excluding hydrogens is 356 g/mol. The highest BCUT2D eigenvalue weighted by atomic mass is 16.4. The van der Waals surface area contributed by atoms with Gasteiger partial charge in [0.1, 0.15) is 12.6 Å². The van der Waals surface area contributed by atoms with Crippen molar-refractivity contribution in [2.45, 2.75) is 77.9 Å². The number of unbranched alkanes of at least 4 members (excludes halogenated alkanes) is 2. The van der Waals surface area contributed by atoms with E-state index in [1.165, 1.54) is 6.92 Å². The number of aliphatic hydroxyl groups excluding tert-OH is 1. The van der Waals surface area contributed by atoms with Gasteiger partial charge in [-0.3, -0.25) is 4.79 Å². The molecule has 0 bridgehead atoms. The number of hydrogen-bond donors (Lipinski definition) is 3. The molecule has 4 atom stereocenters. The van der Waals surface area contributed by atoms with E-state index in [1.807, 2.05) is 37.3 Å². The maximum atomic E-state index is 12.3. The lowest BCUT2D eigenvalue weighted by Crippen LogP contribution is -2.68. The lowest BCUT2D eigenvalue weighted by Gasteiger charge is -2.45. The Morgan fingerprint density at radius 1 is 1.21 bits per heavy atom. The van der Waals surface area contributed by atoms with E-state index < -0.39 is 17.4 Å². The monoisotopic (exact) mass is 391 g/mol. The fraction of sp³-hybridized carbons (Fsp3) is 0.636. The number of benzene rings is 1. The third kappa shape index (κ3) is 4.39. The third-order valence-electron chi connectivity index (χ3n) is 6.46. The summed E-state index contributed by atoms with van der Waals surface area (Å²) in [7, 11) is 0. The van der Waals surface area contributed by atoms with Crippen LogP contribution in [0.25, 0.3) is 0 Å². The topological polar surface area (TPSA) is 86.6 Å². The van der Waals surface area contributed by atoms with Crippen LogP contribution < -0.4 is 5.43 Å². The SMILES string of the molecule is CCCCC[C@@H]1[C@](CC)(CO)C[C@H](C(=O)O)[N+]1(Cc1ccccc1)NC(C)=O. The molecule has 1 aromatic carbocycles. The van der Waals surface area contributed by atoms with Crippen LogP contribution in [0.2, 0.25) is 0 Å². The van der Waals surface area contributed by atoms with E-state index in [0.29, 0.717) is 19.4 Å². The van der Waals surface area contributed by atoms with Gasteiger partial charge in [-0.15, -0.1) is 0 Å². The quantitative estimate of drug-likeness (QED) is 0.422. The number of nitrogens with zero attached hydrogens (tertiary/aromatic N) is 1. The Hall–Kier alpha value is -1.92. The second-order valence-electron chi connectivity index (χ2n) is 8.19. The molecule has 1 heterocycles. The zero-order valence-electron chi connectivity index (χ0n) is 17.4. The predicted octanol–water partition coefficient (Wildman–Crippen LogP) is 3.25. The van der Waals surface area contributed by atoms with Gasteiger partial charge in [0.05, 0.1) is 12.0 Å². The van der Waals surface area contributed by atoms with Gasteiger partial charge < -0.3 is 10.2 Å². The van der Waals surface area contributed by atoms with Gasteiger partial charge >= 0.3 is 5.97 Å². The Kier molecular flexibility index (Phi) is 7.61. The zero-order chi connectivity index (χ0) is 20.8. The smallest absolute Gasteiger partial charge is 0.364 e. The summed E-state index contributed by atoms with van der Waals surface area (Å²) in [6.07, 6.45) is 4.87. The standard InChI is InChI=1S/C22H34N2O4/c1-4-6-8-13-20-22(5-2,16-25)14-19(21(27)28)24(20,23-17(3)26)15-18-11-9-7-10-12-18/h7,9-12,19-20,25H,4-6,8,13-16H2,1-3H3,(H-,23,26,27,28)/p+1/t19-,20-,22+,24?/m1/s1. The summed E-state index contributed by atoms with van der Waals surface area (Å²) in [5, 5.41) is 20.5. The molecule has 1 unspecified atom stereocenters. The molecule has 0 radical (unpaired) electrons. The number of aliphatic hydroxyl groups is 1. The Bertz CT molecular complexity index is 660. The number of amides is 1. The van der Waals surface area contributed by atoms with Gasteiger partial charge in [-0.2, -0.15) is 0 Å². The van der Waals surface area contributed by atoms with Gasteiger partial charge in [-0.05, 0) is 12.8 Å². The first-order valence-corrected chi connectivity index (χ1v) is 10.4. The Morgan fingerprint density at radius 3 is 2.39 bits per heavy atom. The van der Waals surface area contributed by atoms with Crippen molar-refractivity contribution in [3.8, 4) is 0 Å². The molecule has 1 aliphatic heterocycles. The van der Waals surface area contributed by atoms with Crippen molar-refractivity contribution in [2.75, 3.05) is 6.61 Å². The van der Waals surface area contributed by atoms with E-state index in [9.17, 15) is 19.8 Å². The van der Waals surface area contributed by atoms with E-state index >= 15 is 0 Å². The molecule has 0 saturated carbocycles. The predicted molar refractivity (Wildman–Crippen MR) is 108 cm³/mol. The highest BCUT2D eigenvalue weighted by Gasteiger charge is 2.65. The average Bonchev–Trinajstić information content (AvgIpc) is 2.92. The lowest BCUT2D eigenvalue weighted by atomic mass is 9.75. The first-order chi connectivity index (χ1) is 13.3. The molecule has 1 aromatic rings. The Balaban J connectivity index is 2.59. The number of carboxylic acid groups (broad SMARTS) is 1. The van der Waals surface area contributed by atoms with Gasteiger partial charge in [0.25, 0.3) is 5.91 Å². The van der Waals surface area contributed by atoms with Crippen LogP contribution in [0.15, 0.2) is 30.3 Å². The number of carbonyl (C=O) groups is 2. The van der Waals surface area contributed by atoms with Crippen molar-refractivity contribution in [1.29, 1.82) is 0 Å². The lowest BCUT2D eigenvalue weighted by molar-refractivity contribution is -1.00. The summed E-state index contributed by atoms with van der Waals surface area (Å²) >= 11 is 0. The van der Waals surface area contributed by atoms with E-state index in [0.717, 1.165) is 31.2 Å². The van der Waals surface area contributed by atoms with Gasteiger partial charge in [-0.25, -0.2) is 14.8 Å². The summed E-state index contributed by atoms with van der Waals surface area (Å²) < 4.78 is -0.0210. The highest BCUT2D eigenvalue weighted by molar-refractivity contribution is 5.74. The molecular formula is C22H35N2O4+. The second kappa shape index (κ2) is 9.52. The van der Waals surface area contributed by atoms with E-state index in [4.69, 9.17) is 0 Å². The summed E-state index contributed by atoms with van der Waals surface area (Å²) in [6, 6.07) is 8.77. The first kappa shape index (κ1) is 22.4. The first-order valence-electron chi connectivity index (χ1n) is 10.4. The minimum absolute atomic E-state index is 0.0210. The summed E-state index contributed by atoms with van der Waals surface area (Å²) in [4.78, 5) is 24.6. The van der Waals surface area contributed by atoms with E-state index in [2.05, 4.69) is 12.3 Å². The van der Waals surface area contributed by atoms with Crippen molar-refractivity contribution in [3.63, 3.8) is 0 Å². The summed E-state index contributed by atoms with van der Waals surface area (Å²) in [5.74, 6) is -1.17. The fourth-order valence-electron chi connectivity index (χ4n) is 5.05. The van der Waals surface area contributed by atoms with Crippen LogP contribution in [-0.2, 0) is 16.1 Å². The maximum Gasteiger partial charge on any atom is 0.364 e. The molecule has 1 saturated heterocycles. The third-order valence-corrected chi connectivity index (χ3v) is 6.46. The molecule has 28 heavy (non-hydrogen) atoms. The van der Waals surface area contributed by atoms with E-state index in [-0.39, 0.29) is 23.1 Å². The van der Waals surface area contributed by atoms with E-state index in [1.54, 1.807) is 0 Å². The zero-order valence-corrected chi connectivity index (χ0v) is 17.4. The number of nitrogens with one attached hydrogen (secondary N) is 1. The van der Waals surface area contributed by atoms with Crippen molar-refractivity contribution in [2.24, 2.45) is 5.41 Å². The van der Waals surface area contributed by atoms with Gasteiger partial charge in [-0.1, -0.05) is 57.0 Å². The van der Waals surface area contributed by atoms with Crippen molar-refractivity contribution in [1.82, 2.24) is 5.43 Å². The van der Waals surface area contributed by atoms with Crippen molar-refractivity contribution in [3.05, 3.63) is 35.9 Å². The molecule has 1 fully saturated rings. The number of quaternary nitrogens is 1. The summed E-state index contributed by atoms with van der Waals surface area (Å²) in [5.41, 5.74) is 3.50. The van der Waals surface area contributed by atoms with Crippen LogP contribution in [-0.4, -0.2) is 45.4 Å². The molecule has 6 heteroatoms. The number of rotatable bonds is 10. The normalized spacial score (nSPS) is 29.6. The molecule has 0 aromatic heterocycles. The van der Waals surface area contributed by atoms with Crippen LogP contribution in [0.5, 0.6) is 0 Å². The fourth-order valence-corrected chi connectivity index (χ4v) is 5.05. The van der Waals surface area contributed by atoms with Crippen molar-refractivity contribution < 1.29 is 24.4 Å². The maximum absolute atomic E-state index is 12.3. The largest absolute Gasteiger partial charge is 0.477 e. The molecule has 156 valence electrons. The Morgan fingerprint density at radius 2 is 1.89 bits per heavy atom. The van der Waals surface area contributed by atoms with Gasteiger partial charge in [0, 0.05) is 25.3 Å². The number of carbonyl (C=O) groups excluding carboxylic acids is 1. The molecule has 3 N–H and O–H groups in total. The number of likely N-dealkylation sites (tertiary alicyclic amines) is 1. The Labute approximate surface area is 168 Å². The molecule has 0 spiro atoms. The second-order valence-corrected chi connectivity index (χ2v) is 8.19.